The van der Waals surface area contributed by atoms with Gasteiger partial charge in [0, 0.05) is 27.3 Å². The predicted octanol–water partition coefficient (Wildman–Crippen LogP) is 5.57. The molecule has 0 aliphatic rings. The molecule has 18 heavy (non-hydrogen) atoms. The van der Waals surface area contributed by atoms with Crippen LogP contribution in [0, 0.1) is 6.92 Å². The molecule has 0 aliphatic carbocycles. The highest BCUT2D eigenvalue weighted by Crippen LogP contribution is 2.25. The van der Waals surface area contributed by atoms with Crippen molar-refractivity contribution in [2.75, 3.05) is 5.32 Å². The molecule has 1 nitrogen and oxygen atoms in total. The van der Waals surface area contributed by atoms with E-state index in [2.05, 4.69) is 5.32 Å². The van der Waals surface area contributed by atoms with Crippen LogP contribution in [0.2, 0.25) is 15.1 Å². The molecule has 0 amide bonds. The van der Waals surface area contributed by atoms with Crippen LogP contribution in [0.4, 0.5) is 5.69 Å². The summed E-state index contributed by atoms with van der Waals surface area (Å²) >= 11 is 17.9. The van der Waals surface area contributed by atoms with Crippen molar-refractivity contribution in [3.63, 3.8) is 0 Å². The van der Waals surface area contributed by atoms with Gasteiger partial charge in [0.25, 0.3) is 0 Å². The first-order valence-corrected chi connectivity index (χ1v) is 6.63. The second kappa shape index (κ2) is 5.83. The van der Waals surface area contributed by atoms with Gasteiger partial charge in [-0.1, -0.05) is 34.8 Å². The maximum absolute atomic E-state index is 6.09. The first-order valence-electron chi connectivity index (χ1n) is 5.50. The van der Waals surface area contributed by atoms with Gasteiger partial charge in [0.2, 0.25) is 0 Å². The van der Waals surface area contributed by atoms with Gasteiger partial charge < -0.3 is 5.32 Å². The molecule has 0 atom stereocenters. The van der Waals surface area contributed by atoms with Crippen molar-refractivity contribution in [3.8, 4) is 0 Å². The average molecular weight is 301 g/mol. The van der Waals surface area contributed by atoms with E-state index in [1.165, 1.54) is 0 Å². The number of rotatable bonds is 3. The first-order chi connectivity index (χ1) is 8.56. The SMILES string of the molecule is Cc1c(Cl)cc(Cl)cc1CNc1ccc(Cl)cc1. The van der Waals surface area contributed by atoms with Crippen molar-refractivity contribution in [3.05, 3.63) is 62.6 Å². The Morgan fingerprint density at radius 1 is 0.944 bits per heavy atom. The molecular formula is C14H12Cl3N. The summed E-state index contributed by atoms with van der Waals surface area (Å²) in [5, 5.41) is 5.37. The van der Waals surface area contributed by atoms with Crippen LogP contribution in [0.1, 0.15) is 11.1 Å². The van der Waals surface area contributed by atoms with Gasteiger partial charge >= 0.3 is 0 Å². The highest BCUT2D eigenvalue weighted by atomic mass is 35.5. The number of anilines is 1. The van der Waals surface area contributed by atoms with Crippen molar-refractivity contribution < 1.29 is 0 Å². The summed E-state index contributed by atoms with van der Waals surface area (Å²) < 4.78 is 0. The van der Waals surface area contributed by atoms with E-state index in [0.717, 1.165) is 21.8 Å². The molecule has 2 aromatic rings. The third-order valence-electron chi connectivity index (χ3n) is 2.74. The molecule has 94 valence electrons. The van der Waals surface area contributed by atoms with Gasteiger partial charge in [-0.25, -0.2) is 0 Å². The molecule has 1 N–H and O–H groups in total. The van der Waals surface area contributed by atoms with Crippen molar-refractivity contribution in [1.82, 2.24) is 0 Å². The molecule has 0 aliphatic heterocycles. The highest BCUT2D eigenvalue weighted by Gasteiger charge is 2.05. The standard InChI is InChI=1S/C14H12Cl3N/c1-9-10(6-12(16)7-14(9)17)8-18-13-4-2-11(15)3-5-13/h2-7,18H,8H2,1H3. The molecule has 4 heteroatoms. The Hall–Kier alpha value is -0.890. The topological polar surface area (TPSA) is 12.0 Å². The number of hydrogen-bond donors (Lipinski definition) is 1. The molecular weight excluding hydrogens is 289 g/mol. The lowest BCUT2D eigenvalue weighted by atomic mass is 10.1. The third kappa shape index (κ3) is 3.32. The van der Waals surface area contributed by atoms with Gasteiger partial charge in [0.1, 0.15) is 0 Å². The zero-order valence-electron chi connectivity index (χ0n) is 9.81. The minimum atomic E-state index is 0.651. The van der Waals surface area contributed by atoms with Gasteiger partial charge in [-0.2, -0.15) is 0 Å². The van der Waals surface area contributed by atoms with Crippen molar-refractivity contribution >= 4 is 40.5 Å². The Labute approximate surface area is 122 Å². The second-order valence-electron chi connectivity index (χ2n) is 4.03. The van der Waals surface area contributed by atoms with E-state index in [4.69, 9.17) is 34.8 Å². The van der Waals surface area contributed by atoms with E-state index in [1.807, 2.05) is 37.3 Å². The summed E-state index contributed by atoms with van der Waals surface area (Å²) in [6, 6.07) is 11.2. The van der Waals surface area contributed by atoms with E-state index < -0.39 is 0 Å². The summed E-state index contributed by atoms with van der Waals surface area (Å²) in [6.45, 7) is 2.66. The molecule has 0 fully saturated rings. The van der Waals surface area contributed by atoms with E-state index >= 15 is 0 Å². The first kappa shape index (κ1) is 13.5. The Morgan fingerprint density at radius 3 is 2.28 bits per heavy atom. The number of hydrogen-bond acceptors (Lipinski definition) is 1. The van der Waals surface area contributed by atoms with E-state index in [1.54, 1.807) is 6.07 Å². The Balaban J connectivity index is 2.13. The van der Waals surface area contributed by atoms with Gasteiger partial charge in [-0.3, -0.25) is 0 Å². The van der Waals surface area contributed by atoms with Crippen LogP contribution < -0.4 is 5.32 Å². The Kier molecular flexibility index (Phi) is 4.39. The summed E-state index contributed by atoms with van der Waals surface area (Å²) in [5.74, 6) is 0. The maximum Gasteiger partial charge on any atom is 0.0453 e. The van der Waals surface area contributed by atoms with Crippen LogP contribution in [-0.2, 0) is 6.54 Å². The van der Waals surface area contributed by atoms with Gasteiger partial charge in [-0.05, 0) is 54.4 Å². The van der Waals surface area contributed by atoms with Crippen LogP contribution >= 0.6 is 34.8 Å². The van der Waals surface area contributed by atoms with Gasteiger partial charge in [0.15, 0.2) is 0 Å². The lowest BCUT2D eigenvalue weighted by molar-refractivity contribution is 1.12. The van der Waals surface area contributed by atoms with Crippen LogP contribution in [0.5, 0.6) is 0 Å². The van der Waals surface area contributed by atoms with Crippen LogP contribution in [0.25, 0.3) is 0 Å². The van der Waals surface area contributed by atoms with Crippen LogP contribution in [-0.4, -0.2) is 0 Å². The quantitative estimate of drug-likeness (QED) is 0.781. The summed E-state index contributed by atoms with van der Waals surface area (Å²) in [7, 11) is 0. The zero-order chi connectivity index (χ0) is 13.1. The van der Waals surface area contributed by atoms with Crippen LogP contribution in [0.3, 0.4) is 0 Å². The Morgan fingerprint density at radius 2 is 1.61 bits per heavy atom. The second-order valence-corrected chi connectivity index (χ2v) is 5.31. The molecule has 0 unspecified atom stereocenters. The van der Waals surface area contributed by atoms with E-state index in [0.29, 0.717) is 16.6 Å². The normalized spacial score (nSPS) is 10.4. The lowest BCUT2D eigenvalue weighted by Gasteiger charge is -2.11. The van der Waals surface area contributed by atoms with Gasteiger partial charge in [-0.15, -0.1) is 0 Å². The summed E-state index contributed by atoms with van der Waals surface area (Å²) in [4.78, 5) is 0. The average Bonchev–Trinajstić information content (AvgIpc) is 2.34. The number of benzene rings is 2. The predicted molar refractivity (Wildman–Crippen MR) is 80.0 cm³/mol. The largest absolute Gasteiger partial charge is 0.381 e. The minimum Gasteiger partial charge on any atom is -0.381 e. The van der Waals surface area contributed by atoms with E-state index in [9.17, 15) is 0 Å². The minimum absolute atomic E-state index is 0.651. The van der Waals surface area contributed by atoms with Crippen molar-refractivity contribution in [2.45, 2.75) is 13.5 Å². The molecule has 2 aromatic carbocycles. The fourth-order valence-corrected chi connectivity index (χ4v) is 2.31. The molecule has 2 rings (SSSR count). The zero-order valence-corrected chi connectivity index (χ0v) is 12.1. The smallest absolute Gasteiger partial charge is 0.0453 e. The lowest BCUT2D eigenvalue weighted by Crippen LogP contribution is -2.01. The third-order valence-corrected chi connectivity index (χ3v) is 3.61. The molecule has 0 spiro atoms. The van der Waals surface area contributed by atoms with E-state index in [-0.39, 0.29) is 0 Å². The maximum atomic E-state index is 6.09. The molecule has 0 bridgehead atoms. The summed E-state index contributed by atoms with van der Waals surface area (Å²) in [5.41, 5.74) is 3.14. The molecule has 0 saturated carbocycles. The van der Waals surface area contributed by atoms with Crippen molar-refractivity contribution in [2.24, 2.45) is 0 Å². The summed E-state index contributed by atoms with van der Waals surface area (Å²) in [6.07, 6.45) is 0. The van der Waals surface area contributed by atoms with Crippen molar-refractivity contribution in [1.29, 1.82) is 0 Å². The highest BCUT2D eigenvalue weighted by molar-refractivity contribution is 6.35. The van der Waals surface area contributed by atoms with Crippen LogP contribution in [0.15, 0.2) is 36.4 Å². The number of halogens is 3. The fraction of sp³-hybridized carbons (Fsp3) is 0.143. The Bertz CT molecular complexity index is 550. The molecule has 0 aromatic heterocycles. The molecule has 0 saturated heterocycles. The number of nitrogens with one attached hydrogen (secondary N) is 1. The monoisotopic (exact) mass is 299 g/mol. The molecule has 0 radical (unpaired) electrons. The molecule has 0 heterocycles. The van der Waals surface area contributed by atoms with Gasteiger partial charge in [0.05, 0.1) is 0 Å². The fourth-order valence-electron chi connectivity index (χ4n) is 1.65.